The number of benzene rings is 1. The van der Waals surface area contributed by atoms with Crippen LogP contribution in [-0.4, -0.2) is 10.1 Å². The molecular formula is C13H10FNO. The highest BCUT2D eigenvalue weighted by Gasteiger charge is 2.11. The van der Waals surface area contributed by atoms with Gasteiger partial charge in [0, 0.05) is 17.0 Å². The van der Waals surface area contributed by atoms with Gasteiger partial charge in [-0.15, -0.1) is 6.42 Å². The Balaban J connectivity index is 2.97. The summed E-state index contributed by atoms with van der Waals surface area (Å²) >= 11 is 0. The first kappa shape index (κ1) is 10.4. The molecule has 0 saturated carbocycles. The van der Waals surface area contributed by atoms with Gasteiger partial charge < -0.3 is 5.11 Å². The third-order valence-corrected chi connectivity index (χ3v) is 2.53. The fourth-order valence-corrected chi connectivity index (χ4v) is 1.82. The first-order valence-corrected chi connectivity index (χ1v) is 4.94. The topological polar surface area (TPSA) is 33.1 Å². The largest absolute Gasteiger partial charge is 0.508 e. The van der Waals surface area contributed by atoms with Gasteiger partial charge in [-0.1, -0.05) is 12.8 Å². The Morgan fingerprint density at radius 2 is 2.25 bits per heavy atom. The number of aromatic nitrogens is 1. The van der Waals surface area contributed by atoms with Gasteiger partial charge in [-0.2, -0.15) is 4.39 Å². The van der Waals surface area contributed by atoms with Crippen LogP contribution in [0.5, 0.6) is 5.75 Å². The van der Waals surface area contributed by atoms with Crippen molar-refractivity contribution in [2.75, 3.05) is 0 Å². The molecule has 0 aliphatic carbocycles. The van der Waals surface area contributed by atoms with Gasteiger partial charge in [0.25, 0.3) is 0 Å². The number of hydrogen-bond donors (Lipinski definition) is 1. The van der Waals surface area contributed by atoms with Crippen LogP contribution in [0.1, 0.15) is 18.1 Å². The fraction of sp³-hybridized carbons (Fsp3) is 0.154. The number of fused-ring (bicyclic) bond motifs is 1. The highest BCUT2D eigenvalue weighted by Crippen LogP contribution is 2.28. The van der Waals surface area contributed by atoms with Crippen LogP contribution in [0.4, 0.5) is 4.39 Å². The molecule has 1 aromatic carbocycles. The van der Waals surface area contributed by atoms with E-state index in [1.54, 1.807) is 6.07 Å². The summed E-state index contributed by atoms with van der Waals surface area (Å²) in [5.41, 5.74) is 0.985. The van der Waals surface area contributed by atoms with Gasteiger partial charge in [0.15, 0.2) is 0 Å². The maximum Gasteiger partial charge on any atom is 0.229 e. The third-order valence-electron chi connectivity index (χ3n) is 2.53. The quantitative estimate of drug-likeness (QED) is 0.586. The second-order valence-electron chi connectivity index (χ2n) is 3.49. The summed E-state index contributed by atoms with van der Waals surface area (Å²) < 4.78 is 13.4. The lowest BCUT2D eigenvalue weighted by Crippen LogP contribution is -1.94. The maximum atomic E-state index is 13.4. The van der Waals surface area contributed by atoms with Crippen LogP contribution in [0.3, 0.4) is 0 Å². The second-order valence-corrected chi connectivity index (χ2v) is 3.49. The van der Waals surface area contributed by atoms with Gasteiger partial charge in [-0.25, -0.2) is 4.98 Å². The van der Waals surface area contributed by atoms with Crippen molar-refractivity contribution >= 4 is 10.8 Å². The molecule has 2 nitrogen and oxygen atoms in total. The van der Waals surface area contributed by atoms with Crippen molar-refractivity contribution in [1.82, 2.24) is 4.98 Å². The number of rotatable bonds is 1. The van der Waals surface area contributed by atoms with E-state index in [4.69, 9.17) is 6.42 Å². The molecule has 16 heavy (non-hydrogen) atoms. The summed E-state index contributed by atoms with van der Waals surface area (Å²) in [6, 6.07) is 3.13. The van der Waals surface area contributed by atoms with Crippen molar-refractivity contribution in [3.8, 4) is 18.1 Å². The van der Waals surface area contributed by atoms with E-state index in [1.165, 1.54) is 12.3 Å². The number of nitrogens with zero attached hydrogens (tertiary/aromatic N) is 1. The normalized spacial score (nSPS) is 10.3. The molecule has 2 aromatic rings. The number of aryl methyl sites for hydroxylation is 1. The molecule has 0 fully saturated rings. The molecule has 1 heterocycles. The molecule has 1 N–H and O–H groups in total. The second kappa shape index (κ2) is 3.82. The smallest absolute Gasteiger partial charge is 0.229 e. The van der Waals surface area contributed by atoms with E-state index >= 15 is 0 Å². The first-order valence-electron chi connectivity index (χ1n) is 4.94. The highest BCUT2D eigenvalue weighted by atomic mass is 19.1. The zero-order chi connectivity index (χ0) is 11.7. The molecule has 0 amide bonds. The Kier molecular flexibility index (Phi) is 2.49. The molecule has 3 heteroatoms. The van der Waals surface area contributed by atoms with Crippen molar-refractivity contribution in [3.05, 3.63) is 35.4 Å². The van der Waals surface area contributed by atoms with Crippen molar-refractivity contribution in [3.63, 3.8) is 0 Å². The predicted octanol–water partition coefficient (Wildman–Crippen LogP) is 2.62. The Labute approximate surface area is 92.8 Å². The third kappa shape index (κ3) is 1.49. The van der Waals surface area contributed by atoms with E-state index in [1.807, 2.05) is 6.92 Å². The van der Waals surface area contributed by atoms with E-state index in [0.29, 0.717) is 17.2 Å². The average molecular weight is 215 g/mol. The minimum atomic E-state index is -0.643. The summed E-state index contributed by atoms with van der Waals surface area (Å²) in [4.78, 5) is 3.57. The van der Waals surface area contributed by atoms with Crippen molar-refractivity contribution < 1.29 is 9.50 Å². The van der Waals surface area contributed by atoms with Crippen LogP contribution in [0, 0.1) is 18.3 Å². The molecule has 0 spiro atoms. The number of hydrogen-bond acceptors (Lipinski definition) is 2. The van der Waals surface area contributed by atoms with Gasteiger partial charge in [0.1, 0.15) is 5.75 Å². The lowest BCUT2D eigenvalue weighted by molar-refractivity contribution is 0.475. The van der Waals surface area contributed by atoms with Crippen molar-refractivity contribution in [1.29, 1.82) is 0 Å². The van der Waals surface area contributed by atoms with Crippen LogP contribution < -0.4 is 0 Å². The standard InChI is InChI=1S/C13H10FNO/c1-3-8-5-10(16)6-9-7-15-13(14)11(4-2)12(8)9/h2,5-7,16H,3H2,1H3. The number of terminal acetylenes is 1. The van der Waals surface area contributed by atoms with Crippen LogP contribution in [0.25, 0.3) is 10.8 Å². The Bertz CT molecular complexity index is 599. The number of halogens is 1. The molecule has 80 valence electrons. The lowest BCUT2D eigenvalue weighted by Gasteiger charge is -2.08. The first-order chi connectivity index (χ1) is 7.67. The summed E-state index contributed by atoms with van der Waals surface area (Å²) in [6.07, 6.45) is 7.33. The van der Waals surface area contributed by atoms with E-state index in [-0.39, 0.29) is 11.3 Å². The zero-order valence-corrected chi connectivity index (χ0v) is 8.79. The Hall–Kier alpha value is -2.08. The van der Waals surface area contributed by atoms with E-state index in [2.05, 4.69) is 10.9 Å². The summed E-state index contributed by atoms with van der Waals surface area (Å²) in [5, 5.41) is 10.8. The summed E-state index contributed by atoms with van der Waals surface area (Å²) in [7, 11) is 0. The van der Waals surface area contributed by atoms with E-state index < -0.39 is 5.95 Å². The predicted molar refractivity (Wildman–Crippen MR) is 60.7 cm³/mol. The van der Waals surface area contributed by atoms with E-state index in [9.17, 15) is 9.50 Å². The average Bonchev–Trinajstić information content (AvgIpc) is 2.28. The summed E-state index contributed by atoms with van der Waals surface area (Å²) in [6.45, 7) is 1.92. The molecular weight excluding hydrogens is 205 g/mol. The number of phenolic OH excluding ortho intramolecular Hbond substituents is 1. The molecule has 2 rings (SSSR count). The molecule has 0 unspecified atom stereocenters. The van der Waals surface area contributed by atoms with Gasteiger partial charge in [0.2, 0.25) is 5.95 Å². The maximum absolute atomic E-state index is 13.4. The van der Waals surface area contributed by atoms with Crippen LogP contribution >= 0.6 is 0 Å². The van der Waals surface area contributed by atoms with Gasteiger partial charge >= 0.3 is 0 Å². The lowest BCUT2D eigenvalue weighted by atomic mass is 9.99. The van der Waals surface area contributed by atoms with Crippen molar-refractivity contribution in [2.24, 2.45) is 0 Å². The minimum Gasteiger partial charge on any atom is -0.508 e. The molecule has 0 radical (unpaired) electrons. The highest BCUT2D eigenvalue weighted by molar-refractivity contribution is 5.91. The minimum absolute atomic E-state index is 0.140. The van der Waals surface area contributed by atoms with Crippen LogP contribution in [0.15, 0.2) is 18.3 Å². The summed E-state index contributed by atoms with van der Waals surface area (Å²) in [5.74, 6) is 1.81. The SMILES string of the molecule is C#Cc1c(F)ncc2cc(O)cc(CC)c12. The Morgan fingerprint density at radius 1 is 1.50 bits per heavy atom. The molecule has 1 aromatic heterocycles. The van der Waals surface area contributed by atoms with Crippen molar-refractivity contribution in [2.45, 2.75) is 13.3 Å². The molecule has 0 aliphatic rings. The molecule has 0 aliphatic heterocycles. The van der Waals surface area contributed by atoms with E-state index in [0.717, 1.165) is 5.56 Å². The monoisotopic (exact) mass is 215 g/mol. The van der Waals surface area contributed by atoms with Gasteiger partial charge in [0.05, 0.1) is 5.56 Å². The van der Waals surface area contributed by atoms with Gasteiger partial charge in [-0.05, 0) is 24.1 Å². The number of aromatic hydroxyl groups is 1. The number of pyridine rings is 1. The number of phenols is 1. The molecule has 0 bridgehead atoms. The van der Waals surface area contributed by atoms with Gasteiger partial charge in [-0.3, -0.25) is 0 Å². The molecule has 0 atom stereocenters. The zero-order valence-electron chi connectivity index (χ0n) is 8.79. The fourth-order valence-electron chi connectivity index (χ4n) is 1.82. The van der Waals surface area contributed by atoms with Crippen LogP contribution in [0.2, 0.25) is 0 Å². The van der Waals surface area contributed by atoms with Crippen LogP contribution in [-0.2, 0) is 6.42 Å². The Morgan fingerprint density at radius 3 is 2.88 bits per heavy atom. The molecule has 0 saturated heterocycles.